The van der Waals surface area contributed by atoms with Crippen molar-refractivity contribution in [2.45, 2.75) is 49.1 Å². The summed E-state index contributed by atoms with van der Waals surface area (Å²) in [6.45, 7) is -0.133. The number of hydrogen-bond donors (Lipinski definition) is 4. The van der Waals surface area contributed by atoms with E-state index in [2.05, 4.69) is 17.5 Å². The van der Waals surface area contributed by atoms with Crippen LogP contribution in [0.3, 0.4) is 0 Å². The van der Waals surface area contributed by atoms with Gasteiger partial charge in [0.1, 0.15) is 30.0 Å². The molecule has 8 atom stereocenters. The summed E-state index contributed by atoms with van der Waals surface area (Å²) in [6.07, 6.45) is 0.553. The highest BCUT2D eigenvalue weighted by Gasteiger charge is 2.48. The Bertz CT molecular complexity index is 1220. The quantitative estimate of drug-likeness (QED) is 0.258. The number of benzene rings is 3. The van der Waals surface area contributed by atoms with Crippen molar-refractivity contribution in [2.24, 2.45) is 17.8 Å². The summed E-state index contributed by atoms with van der Waals surface area (Å²) < 4.78 is 12.5. The average Bonchev–Trinajstić information content (AvgIpc) is 3.64. The zero-order chi connectivity index (χ0) is 27.7. The Morgan fingerprint density at radius 1 is 0.800 bits per heavy atom. The first-order chi connectivity index (χ1) is 19.5. The second-order valence-corrected chi connectivity index (χ2v) is 11.1. The van der Waals surface area contributed by atoms with Gasteiger partial charge in [-0.05, 0) is 41.4 Å². The van der Waals surface area contributed by atoms with E-state index in [4.69, 9.17) is 9.47 Å². The number of carbonyl (C=O) groups excluding carboxylic acids is 1. The smallest absolute Gasteiger partial charge is 0.224 e. The van der Waals surface area contributed by atoms with Gasteiger partial charge in [-0.15, -0.1) is 0 Å². The fourth-order valence-electron chi connectivity index (χ4n) is 6.57. The van der Waals surface area contributed by atoms with Crippen molar-refractivity contribution in [3.05, 3.63) is 120 Å². The second-order valence-electron chi connectivity index (χ2n) is 11.1. The van der Waals surface area contributed by atoms with E-state index in [9.17, 15) is 20.1 Å². The third-order valence-electron chi connectivity index (χ3n) is 8.65. The minimum Gasteiger partial charge on any atom is -0.388 e. The predicted molar refractivity (Wildman–Crippen MR) is 149 cm³/mol. The Hall–Kier alpha value is -3.33. The maximum Gasteiger partial charge on any atom is 0.224 e. The molecule has 2 bridgehead atoms. The van der Waals surface area contributed by atoms with Crippen LogP contribution >= 0.6 is 0 Å². The maximum absolute atomic E-state index is 13.0. The molecule has 1 aliphatic heterocycles. The van der Waals surface area contributed by atoms with Crippen LogP contribution in [0.5, 0.6) is 0 Å². The van der Waals surface area contributed by atoms with Crippen molar-refractivity contribution in [2.75, 3.05) is 6.61 Å². The molecule has 0 radical (unpaired) electrons. The van der Waals surface area contributed by atoms with Gasteiger partial charge in [0.25, 0.3) is 0 Å². The summed E-state index contributed by atoms with van der Waals surface area (Å²) in [5, 5.41) is 35.7. The minimum atomic E-state index is -1.51. The van der Waals surface area contributed by atoms with E-state index in [0.29, 0.717) is 5.92 Å². The molecule has 2 fully saturated rings. The van der Waals surface area contributed by atoms with Crippen LogP contribution in [0.2, 0.25) is 0 Å². The average molecular weight is 542 g/mol. The number of nitrogens with one attached hydrogen (secondary N) is 1. The molecular formula is C33H35NO6. The maximum atomic E-state index is 13.0. The Kier molecular flexibility index (Phi) is 7.57. The van der Waals surface area contributed by atoms with Crippen LogP contribution in [0.1, 0.15) is 29.5 Å². The number of ether oxygens (including phenoxy) is 2. The Labute approximate surface area is 234 Å². The third kappa shape index (κ3) is 4.89. The molecule has 1 saturated heterocycles. The zero-order valence-electron chi connectivity index (χ0n) is 22.1. The standard InChI is InChI=1S/C33H35NO6/c35-29-27(40-32(38)28(30(29)36)34-31(37)26-19-21-16-17-22(26)18-21)20-39-33(23-10-4-1-5-11-23,24-12-6-2-7-13-24)25-14-8-3-9-15-25/h1-17,21-22,26-30,32,35-36,38H,18-20H2,(H,34,37)/t21-,22+,26+,27-,28-,29-,30-,32?/m1/s1. The molecule has 1 saturated carbocycles. The van der Waals surface area contributed by atoms with Gasteiger partial charge < -0.3 is 30.1 Å². The van der Waals surface area contributed by atoms with Crippen LogP contribution < -0.4 is 5.32 Å². The fraction of sp³-hybridized carbons (Fsp3) is 0.364. The largest absolute Gasteiger partial charge is 0.388 e. The van der Waals surface area contributed by atoms with Gasteiger partial charge in [-0.1, -0.05) is 103 Å². The summed E-state index contributed by atoms with van der Waals surface area (Å²) in [7, 11) is 0. The molecule has 1 heterocycles. The van der Waals surface area contributed by atoms with Crippen LogP contribution in [0.15, 0.2) is 103 Å². The van der Waals surface area contributed by atoms with Gasteiger partial charge in [0, 0.05) is 5.92 Å². The van der Waals surface area contributed by atoms with E-state index in [-0.39, 0.29) is 24.3 Å². The van der Waals surface area contributed by atoms with Crippen LogP contribution in [-0.2, 0) is 19.9 Å². The Morgan fingerprint density at radius 3 is 1.82 bits per heavy atom. The van der Waals surface area contributed by atoms with Gasteiger partial charge in [0.15, 0.2) is 6.29 Å². The number of hydrogen-bond acceptors (Lipinski definition) is 6. The third-order valence-corrected chi connectivity index (χ3v) is 8.65. The topological polar surface area (TPSA) is 108 Å². The monoisotopic (exact) mass is 541 g/mol. The predicted octanol–water partition coefficient (Wildman–Crippen LogP) is 3.13. The molecule has 4 N–H and O–H groups in total. The lowest BCUT2D eigenvalue weighted by Crippen LogP contribution is -2.65. The number of allylic oxidation sites excluding steroid dienone is 2. The van der Waals surface area contributed by atoms with Crippen molar-refractivity contribution in [1.82, 2.24) is 5.32 Å². The van der Waals surface area contributed by atoms with Gasteiger partial charge in [-0.3, -0.25) is 4.79 Å². The molecule has 0 aromatic heterocycles. The number of carbonyl (C=O) groups is 1. The van der Waals surface area contributed by atoms with Gasteiger partial charge in [-0.25, -0.2) is 0 Å². The van der Waals surface area contributed by atoms with Crippen LogP contribution in [0.25, 0.3) is 0 Å². The summed E-state index contributed by atoms with van der Waals surface area (Å²) in [4.78, 5) is 13.0. The van der Waals surface area contributed by atoms with E-state index in [0.717, 1.165) is 29.5 Å². The number of rotatable bonds is 8. The molecule has 7 nitrogen and oxygen atoms in total. The zero-order valence-corrected chi connectivity index (χ0v) is 22.1. The van der Waals surface area contributed by atoms with Gasteiger partial charge in [-0.2, -0.15) is 0 Å². The molecule has 40 heavy (non-hydrogen) atoms. The molecule has 6 rings (SSSR count). The van der Waals surface area contributed by atoms with Crippen molar-refractivity contribution in [3.63, 3.8) is 0 Å². The molecule has 3 aromatic rings. The van der Waals surface area contributed by atoms with E-state index >= 15 is 0 Å². The lowest BCUT2D eigenvalue weighted by Gasteiger charge is -2.43. The summed E-state index contributed by atoms with van der Waals surface area (Å²) >= 11 is 0. The summed E-state index contributed by atoms with van der Waals surface area (Å²) in [6, 6.07) is 28.2. The summed E-state index contributed by atoms with van der Waals surface area (Å²) in [5.74, 6) is 0.152. The number of aliphatic hydroxyl groups excluding tert-OH is 3. The molecule has 1 unspecified atom stereocenters. The first kappa shape index (κ1) is 26.9. The van der Waals surface area contributed by atoms with E-state index in [1.807, 2.05) is 91.0 Å². The van der Waals surface area contributed by atoms with Gasteiger partial charge in [0.05, 0.1) is 6.61 Å². The van der Waals surface area contributed by atoms with Crippen molar-refractivity contribution in [3.8, 4) is 0 Å². The van der Waals surface area contributed by atoms with Crippen molar-refractivity contribution in [1.29, 1.82) is 0 Å². The Balaban J connectivity index is 1.24. The van der Waals surface area contributed by atoms with Crippen LogP contribution in [0.4, 0.5) is 0 Å². The first-order valence-electron chi connectivity index (χ1n) is 14.0. The number of aliphatic hydroxyl groups is 3. The molecule has 0 spiro atoms. The minimum absolute atomic E-state index is 0.133. The molecule has 3 aliphatic rings. The summed E-state index contributed by atoms with van der Waals surface area (Å²) in [5.41, 5.74) is 1.58. The lowest BCUT2D eigenvalue weighted by atomic mass is 9.80. The highest BCUT2D eigenvalue weighted by Crippen LogP contribution is 2.44. The van der Waals surface area contributed by atoms with E-state index in [1.165, 1.54) is 0 Å². The molecule has 208 valence electrons. The van der Waals surface area contributed by atoms with Crippen molar-refractivity contribution >= 4 is 5.91 Å². The molecule has 2 aliphatic carbocycles. The van der Waals surface area contributed by atoms with E-state index < -0.39 is 36.2 Å². The fourth-order valence-corrected chi connectivity index (χ4v) is 6.57. The van der Waals surface area contributed by atoms with Crippen molar-refractivity contribution < 1.29 is 29.6 Å². The molecular weight excluding hydrogens is 506 g/mol. The van der Waals surface area contributed by atoms with Gasteiger partial charge >= 0.3 is 0 Å². The molecule has 3 aromatic carbocycles. The first-order valence-corrected chi connectivity index (χ1v) is 14.0. The lowest BCUT2D eigenvalue weighted by molar-refractivity contribution is -0.261. The normalized spacial score (nSPS) is 31.3. The SMILES string of the molecule is O=C(N[C@H]1C(O)O[C@H](COC(c2ccccc2)(c2ccccc2)c2ccccc2)[C@@H](O)[C@@H]1O)[C@H]1C[C@@H]2C=C[C@H]1C2. The van der Waals surface area contributed by atoms with E-state index in [1.54, 1.807) is 0 Å². The Morgan fingerprint density at radius 2 is 1.35 bits per heavy atom. The molecule has 1 amide bonds. The highest BCUT2D eigenvalue weighted by molar-refractivity contribution is 5.80. The van der Waals surface area contributed by atoms with Crippen LogP contribution in [0, 0.1) is 17.8 Å². The number of fused-ring (bicyclic) bond motifs is 2. The number of amides is 1. The van der Waals surface area contributed by atoms with Crippen LogP contribution in [-0.4, -0.2) is 58.5 Å². The second kappa shape index (κ2) is 11.3. The highest BCUT2D eigenvalue weighted by atomic mass is 16.6. The molecule has 7 heteroatoms. The van der Waals surface area contributed by atoms with Gasteiger partial charge in [0.2, 0.25) is 5.91 Å².